The summed E-state index contributed by atoms with van der Waals surface area (Å²) >= 11 is 1.45. The number of nitrogens with one attached hydrogen (secondary N) is 1. The lowest BCUT2D eigenvalue weighted by atomic mass is 9.96. The van der Waals surface area contributed by atoms with Gasteiger partial charge in [0.15, 0.2) is 0 Å². The van der Waals surface area contributed by atoms with Gasteiger partial charge >= 0.3 is 0 Å². The van der Waals surface area contributed by atoms with Crippen LogP contribution in [-0.2, 0) is 11.3 Å². The molecule has 2 saturated heterocycles. The Hall–Kier alpha value is -2.22. The molecular weight excluding hydrogens is 396 g/mol. The van der Waals surface area contributed by atoms with Gasteiger partial charge < -0.3 is 15.1 Å². The highest BCUT2D eigenvalue weighted by molar-refractivity contribution is 7.12. The zero-order chi connectivity index (χ0) is 20.9. The van der Waals surface area contributed by atoms with E-state index in [1.54, 1.807) is 0 Å². The second-order valence-electron chi connectivity index (χ2n) is 8.34. The number of benzene rings is 1. The smallest absolute Gasteiger partial charge is 0.263 e. The first kappa shape index (κ1) is 21.0. The molecular formula is C23H30N4O2S. The number of likely N-dealkylation sites (tertiary alicyclic amines) is 1. The van der Waals surface area contributed by atoms with Gasteiger partial charge in [-0.25, -0.2) is 0 Å². The summed E-state index contributed by atoms with van der Waals surface area (Å²) in [6, 6.07) is 11.9. The monoisotopic (exact) mass is 426 g/mol. The van der Waals surface area contributed by atoms with E-state index in [0.29, 0.717) is 6.54 Å². The Labute approximate surface area is 182 Å². The minimum absolute atomic E-state index is 0.00965. The van der Waals surface area contributed by atoms with Crippen LogP contribution in [0.4, 0.5) is 5.69 Å². The minimum Gasteiger partial charge on any atom is -0.337 e. The first-order chi connectivity index (χ1) is 14.6. The zero-order valence-corrected chi connectivity index (χ0v) is 18.4. The van der Waals surface area contributed by atoms with Gasteiger partial charge in [0.2, 0.25) is 5.91 Å². The van der Waals surface area contributed by atoms with Gasteiger partial charge in [-0.2, -0.15) is 0 Å². The summed E-state index contributed by atoms with van der Waals surface area (Å²) < 4.78 is 0. The largest absolute Gasteiger partial charge is 0.337 e. The Morgan fingerprint density at radius 3 is 2.70 bits per heavy atom. The molecule has 2 amide bonds. The number of thiophene rings is 1. The molecule has 1 aromatic heterocycles. The lowest BCUT2D eigenvalue weighted by Crippen LogP contribution is -2.44. The summed E-state index contributed by atoms with van der Waals surface area (Å²) in [5, 5.41) is 5.00. The molecule has 1 aromatic carbocycles. The molecule has 7 heteroatoms. The van der Waals surface area contributed by atoms with E-state index in [1.165, 1.54) is 16.9 Å². The Morgan fingerprint density at radius 1 is 1.10 bits per heavy atom. The number of rotatable bonds is 5. The highest BCUT2D eigenvalue weighted by Gasteiger charge is 2.29. The van der Waals surface area contributed by atoms with Gasteiger partial charge in [-0.1, -0.05) is 18.2 Å². The molecule has 6 nitrogen and oxygen atoms in total. The maximum absolute atomic E-state index is 12.9. The number of piperazine rings is 1. The first-order valence-electron chi connectivity index (χ1n) is 10.7. The second-order valence-corrected chi connectivity index (χ2v) is 9.28. The lowest BCUT2D eigenvalue weighted by molar-refractivity contribution is -0.121. The summed E-state index contributed by atoms with van der Waals surface area (Å²) in [7, 11) is 2.16. The highest BCUT2D eigenvalue weighted by Crippen LogP contribution is 2.22. The number of hydrogen-bond donors (Lipinski definition) is 1. The predicted molar refractivity (Wildman–Crippen MR) is 121 cm³/mol. The van der Waals surface area contributed by atoms with Gasteiger partial charge in [-0.05, 0) is 49.0 Å². The maximum Gasteiger partial charge on any atom is 0.263 e. The lowest BCUT2D eigenvalue weighted by Gasteiger charge is -2.32. The summed E-state index contributed by atoms with van der Waals surface area (Å²) in [4.78, 5) is 32.9. The number of amides is 2. The van der Waals surface area contributed by atoms with Crippen molar-refractivity contribution in [2.45, 2.75) is 19.4 Å². The summed E-state index contributed by atoms with van der Waals surface area (Å²) in [6.07, 6.45) is 1.68. The number of likely N-dealkylation sites (N-methyl/N-ethyl adjacent to an activating group) is 1. The van der Waals surface area contributed by atoms with Crippen LogP contribution in [0.25, 0.3) is 0 Å². The summed E-state index contributed by atoms with van der Waals surface area (Å²) in [6.45, 7) is 6.46. The minimum atomic E-state index is -0.163. The second kappa shape index (κ2) is 9.73. The first-order valence-corrected chi connectivity index (χ1v) is 11.6. The Kier molecular flexibility index (Phi) is 6.82. The van der Waals surface area contributed by atoms with Crippen LogP contribution in [0.1, 0.15) is 28.1 Å². The Bertz CT molecular complexity index is 862. The molecule has 0 aliphatic carbocycles. The number of carbonyl (C=O) groups is 2. The van der Waals surface area contributed by atoms with Crippen LogP contribution >= 0.6 is 11.3 Å². The summed E-state index contributed by atoms with van der Waals surface area (Å²) in [5.74, 6) is -0.115. The van der Waals surface area contributed by atoms with E-state index in [0.717, 1.165) is 62.7 Å². The Morgan fingerprint density at radius 2 is 1.93 bits per heavy atom. The number of hydrogen-bond acceptors (Lipinski definition) is 5. The third-order valence-electron chi connectivity index (χ3n) is 6.01. The number of carbonyl (C=O) groups excluding carboxylic acids is 2. The molecule has 0 spiro atoms. The average Bonchev–Trinajstić information content (AvgIpc) is 3.30. The molecule has 30 heavy (non-hydrogen) atoms. The molecule has 2 aliphatic heterocycles. The van der Waals surface area contributed by atoms with Crippen molar-refractivity contribution < 1.29 is 9.59 Å². The number of anilines is 1. The van der Waals surface area contributed by atoms with Crippen LogP contribution in [0.15, 0.2) is 41.8 Å². The molecule has 0 saturated carbocycles. The van der Waals surface area contributed by atoms with Gasteiger partial charge in [-0.3, -0.25) is 14.5 Å². The molecule has 1 atom stereocenters. The van der Waals surface area contributed by atoms with E-state index in [9.17, 15) is 9.59 Å². The van der Waals surface area contributed by atoms with Crippen LogP contribution in [0.2, 0.25) is 0 Å². The van der Waals surface area contributed by atoms with Gasteiger partial charge in [0.05, 0.1) is 10.8 Å². The van der Waals surface area contributed by atoms with Crippen molar-refractivity contribution in [3.05, 3.63) is 52.2 Å². The van der Waals surface area contributed by atoms with Gasteiger partial charge in [0.25, 0.3) is 5.91 Å². The Balaban J connectivity index is 1.33. The fourth-order valence-corrected chi connectivity index (χ4v) is 4.88. The van der Waals surface area contributed by atoms with E-state index < -0.39 is 0 Å². The van der Waals surface area contributed by atoms with Crippen molar-refractivity contribution in [3.8, 4) is 0 Å². The third-order valence-corrected chi connectivity index (χ3v) is 6.87. The molecule has 0 bridgehead atoms. The van der Waals surface area contributed by atoms with Gasteiger partial charge in [0.1, 0.15) is 0 Å². The SMILES string of the molecule is CN1CCN(Cc2cccc(NC(=O)C3CCCN(C(=O)c4cccs4)C3)c2)CC1. The topological polar surface area (TPSA) is 55.9 Å². The van der Waals surface area contributed by atoms with Crippen LogP contribution in [-0.4, -0.2) is 72.8 Å². The molecule has 2 aliphatic rings. The third kappa shape index (κ3) is 5.28. The molecule has 1 N–H and O–H groups in total. The summed E-state index contributed by atoms with van der Waals surface area (Å²) in [5.41, 5.74) is 2.06. The van der Waals surface area contributed by atoms with Gasteiger partial charge in [-0.15, -0.1) is 11.3 Å². The number of nitrogens with zero attached hydrogens (tertiary/aromatic N) is 3. The van der Waals surface area contributed by atoms with E-state index in [1.807, 2.05) is 34.5 Å². The maximum atomic E-state index is 12.9. The fraction of sp³-hybridized carbons (Fsp3) is 0.478. The van der Waals surface area contributed by atoms with Crippen molar-refractivity contribution in [2.75, 3.05) is 51.6 Å². The van der Waals surface area contributed by atoms with Crippen molar-refractivity contribution >= 4 is 28.8 Å². The van der Waals surface area contributed by atoms with Crippen molar-refractivity contribution in [1.82, 2.24) is 14.7 Å². The van der Waals surface area contributed by atoms with Crippen molar-refractivity contribution in [1.29, 1.82) is 0 Å². The van der Waals surface area contributed by atoms with E-state index in [2.05, 4.69) is 34.3 Å². The molecule has 4 rings (SSSR count). The van der Waals surface area contributed by atoms with Crippen molar-refractivity contribution in [2.24, 2.45) is 5.92 Å². The van der Waals surface area contributed by atoms with Gasteiger partial charge in [0, 0.05) is 51.5 Å². The normalized spacial score (nSPS) is 20.8. The van der Waals surface area contributed by atoms with Crippen LogP contribution in [0.5, 0.6) is 0 Å². The predicted octanol–water partition coefficient (Wildman–Crippen LogP) is 2.99. The number of piperidine rings is 1. The van der Waals surface area contributed by atoms with Crippen LogP contribution < -0.4 is 5.32 Å². The molecule has 2 aromatic rings. The molecule has 160 valence electrons. The highest BCUT2D eigenvalue weighted by atomic mass is 32.1. The van der Waals surface area contributed by atoms with E-state index in [4.69, 9.17) is 0 Å². The zero-order valence-electron chi connectivity index (χ0n) is 17.5. The van der Waals surface area contributed by atoms with E-state index >= 15 is 0 Å². The van der Waals surface area contributed by atoms with E-state index in [-0.39, 0.29) is 17.7 Å². The quantitative estimate of drug-likeness (QED) is 0.799. The molecule has 3 heterocycles. The molecule has 1 unspecified atom stereocenters. The molecule has 2 fully saturated rings. The molecule has 0 radical (unpaired) electrons. The average molecular weight is 427 g/mol. The van der Waals surface area contributed by atoms with Crippen molar-refractivity contribution in [3.63, 3.8) is 0 Å². The standard InChI is InChI=1S/C23H30N4O2S/c1-25-10-12-26(13-11-25)16-18-5-2-7-20(15-18)24-22(28)19-6-3-9-27(17-19)23(29)21-8-4-14-30-21/h2,4-5,7-8,14-15,19H,3,6,9-13,16-17H2,1H3,(H,24,28). The fourth-order valence-electron chi connectivity index (χ4n) is 4.19. The van der Waals surface area contributed by atoms with Crippen LogP contribution in [0.3, 0.4) is 0 Å². The van der Waals surface area contributed by atoms with Crippen LogP contribution in [0, 0.1) is 5.92 Å².